The van der Waals surface area contributed by atoms with Gasteiger partial charge in [-0.05, 0) is 50.1 Å². The molecule has 0 atom stereocenters. The monoisotopic (exact) mass is 317 g/mol. The molecule has 2 aromatic carbocycles. The molecule has 0 radical (unpaired) electrons. The quantitative estimate of drug-likeness (QED) is 0.566. The summed E-state index contributed by atoms with van der Waals surface area (Å²) in [6.07, 6.45) is 1.61. The zero-order chi connectivity index (χ0) is 16.8. The predicted molar refractivity (Wildman–Crippen MR) is 95.3 cm³/mol. The number of hydrogen-bond donors (Lipinski definition) is 0. The molecule has 0 spiro atoms. The Kier molecular flexibility index (Phi) is 3.23. The third-order valence-electron chi connectivity index (χ3n) is 4.56. The fourth-order valence-electron chi connectivity index (χ4n) is 3.20. The van der Waals surface area contributed by atoms with E-state index >= 15 is 0 Å². The molecule has 5 heteroatoms. The molecule has 0 saturated carbocycles. The van der Waals surface area contributed by atoms with Crippen LogP contribution in [0, 0.1) is 20.8 Å². The topological polar surface area (TPSA) is 48.5 Å². The van der Waals surface area contributed by atoms with Crippen molar-refractivity contribution in [2.24, 2.45) is 7.05 Å². The molecule has 24 heavy (non-hydrogen) atoms. The van der Waals surface area contributed by atoms with Crippen molar-refractivity contribution >= 4 is 11.0 Å². The fourth-order valence-corrected chi connectivity index (χ4v) is 3.20. The van der Waals surface area contributed by atoms with Gasteiger partial charge in [0.25, 0.3) is 0 Å². The Hall–Kier alpha value is -2.95. The maximum Gasteiger partial charge on any atom is 0.163 e. The first-order chi connectivity index (χ1) is 11.6. The van der Waals surface area contributed by atoms with Crippen molar-refractivity contribution in [2.75, 3.05) is 0 Å². The first-order valence-electron chi connectivity index (χ1n) is 7.96. The van der Waals surface area contributed by atoms with E-state index in [1.54, 1.807) is 6.33 Å². The van der Waals surface area contributed by atoms with Gasteiger partial charge in [0.2, 0.25) is 0 Å². The number of imidazole rings is 1. The van der Waals surface area contributed by atoms with Gasteiger partial charge in [-0.15, -0.1) is 0 Å². The molecular formula is C19H19N5. The summed E-state index contributed by atoms with van der Waals surface area (Å²) < 4.78 is 4.01. The zero-order valence-electron chi connectivity index (χ0n) is 14.3. The lowest BCUT2D eigenvalue weighted by Gasteiger charge is -2.12. The summed E-state index contributed by atoms with van der Waals surface area (Å²) in [4.78, 5) is 9.12. The van der Waals surface area contributed by atoms with E-state index in [0.29, 0.717) is 0 Å². The van der Waals surface area contributed by atoms with Gasteiger partial charge in [0.15, 0.2) is 5.82 Å². The molecule has 120 valence electrons. The van der Waals surface area contributed by atoms with Crippen LogP contribution in [0.2, 0.25) is 0 Å². The van der Waals surface area contributed by atoms with Gasteiger partial charge in [0, 0.05) is 12.6 Å². The molecule has 0 saturated heterocycles. The molecule has 4 aromatic rings. The Labute approximate surface area is 140 Å². The van der Waals surface area contributed by atoms with E-state index in [0.717, 1.165) is 33.9 Å². The van der Waals surface area contributed by atoms with Gasteiger partial charge in [-0.25, -0.2) is 14.6 Å². The largest absolute Gasteiger partial charge is 0.331 e. The van der Waals surface area contributed by atoms with E-state index in [-0.39, 0.29) is 0 Å². The number of fused-ring (bicyclic) bond motifs is 1. The minimum Gasteiger partial charge on any atom is -0.331 e. The maximum atomic E-state index is 4.63. The van der Waals surface area contributed by atoms with Gasteiger partial charge >= 0.3 is 0 Å². The third-order valence-corrected chi connectivity index (χ3v) is 4.56. The van der Waals surface area contributed by atoms with Crippen LogP contribution in [0.5, 0.6) is 0 Å². The molecule has 0 N–H and O–H groups in total. The molecule has 0 unspecified atom stereocenters. The molecule has 0 aliphatic heterocycles. The van der Waals surface area contributed by atoms with E-state index in [9.17, 15) is 0 Å². The Morgan fingerprint density at radius 1 is 0.958 bits per heavy atom. The van der Waals surface area contributed by atoms with Crippen molar-refractivity contribution in [3.8, 4) is 17.1 Å². The summed E-state index contributed by atoms with van der Waals surface area (Å²) in [7, 11) is 2.03. The summed E-state index contributed by atoms with van der Waals surface area (Å²) in [6, 6.07) is 12.5. The molecule has 2 aromatic heterocycles. The highest BCUT2D eigenvalue weighted by Crippen LogP contribution is 2.27. The molecule has 2 heterocycles. The van der Waals surface area contributed by atoms with Crippen molar-refractivity contribution < 1.29 is 0 Å². The lowest BCUT2D eigenvalue weighted by molar-refractivity contribution is 0.871. The van der Waals surface area contributed by atoms with E-state index < -0.39 is 0 Å². The second-order valence-electron chi connectivity index (χ2n) is 6.16. The van der Waals surface area contributed by atoms with Crippen molar-refractivity contribution in [1.82, 2.24) is 24.3 Å². The predicted octanol–water partition coefficient (Wildman–Crippen LogP) is 3.75. The smallest absolute Gasteiger partial charge is 0.163 e. The van der Waals surface area contributed by atoms with Gasteiger partial charge in [0.1, 0.15) is 12.2 Å². The van der Waals surface area contributed by atoms with Crippen molar-refractivity contribution in [3.05, 3.63) is 59.7 Å². The number of para-hydroxylation sites is 1. The number of rotatable bonds is 2. The third kappa shape index (κ3) is 2.12. The molecular weight excluding hydrogens is 298 g/mol. The maximum absolute atomic E-state index is 4.63. The van der Waals surface area contributed by atoms with Crippen LogP contribution in [0.3, 0.4) is 0 Å². The van der Waals surface area contributed by atoms with Gasteiger partial charge in [0.05, 0.1) is 16.7 Å². The van der Waals surface area contributed by atoms with E-state index in [2.05, 4.69) is 69.9 Å². The minimum atomic E-state index is 0.831. The second kappa shape index (κ2) is 5.30. The molecule has 4 rings (SSSR count). The zero-order valence-corrected chi connectivity index (χ0v) is 14.3. The number of aryl methyl sites for hydroxylation is 4. The van der Waals surface area contributed by atoms with Crippen molar-refractivity contribution in [1.29, 1.82) is 0 Å². The van der Waals surface area contributed by atoms with E-state index in [1.165, 1.54) is 11.1 Å². The molecule has 0 aliphatic carbocycles. The summed E-state index contributed by atoms with van der Waals surface area (Å²) in [6.45, 7) is 6.21. The second-order valence-corrected chi connectivity index (χ2v) is 6.16. The average Bonchev–Trinajstić information content (AvgIpc) is 3.13. The minimum absolute atomic E-state index is 0.831. The first kappa shape index (κ1) is 14.6. The highest BCUT2D eigenvalue weighted by molar-refractivity contribution is 5.81. The molecule has 0 aliphatic rings. The Morgan fingerprint density at radius 3 is 2.46 bits per heavy atom. The Bertz CT molecular complexity index is 1030. The van der Waals surface area contributed by atoms with Crippen LogP contribution in [-0.2, 0) is 7.05 Å². The van der Waals surface area contributed by atoms with Gasteiger partial charge in [-0.1, -0.05) is 18.2 Å². The molecule has 0 amide bonds. The lowest BCUT2D eigenvalue weighted by Crippen LogP contribution is -2.04. The number of hydrogen-bond acceptors (Lipinski definition) is 3. The standard InChI is InChI=1S/C19H19N5/c1-12-6-5-7-13(2)18(12)24-19(20-11-21-24)15-8-9-17-16(10-15)22-14(3)23(17)4/h5-11H,1-4H3. The summed E-state index contributed by atoms with van der Waals surface area (Å²) >= 11 is 0. The molecule has 5 nitrogen and oxygen atoms in total. The van der Waals surface area contributed by atoms with E-state index in [4.69, 9.17) is 0 Å². The molecule has 0 fully saturated rings. The lowest BCUT2D eigenvalue weighted by atomic mass is 10.1. The van der Waals surface area contributed by atoms with Crippen LogP contribution in [0.15, 0.2) is 42.7 Å². The number of nitrogens with zero attached hydrogens (tertiary/aromatic N) is 5. The van der Waals surface area contributed by atoms with Crippen LogP contribution in [0.1, 0.15) is 17.0 Å². The van der Waals surface area contributed by atoms with E-state index in [1.807, 2.05) is 18.7 Å². The van der Waals surface area contributed by atoms with Crippen molar-refractivity contribution in [3.63, 3.8) is 0 Å². The first-order valence-corrected chi connectivity index (χ1v) is 7.96. The summed E-state index contributed by atoms with van der Waals surface area (Å²) in [5, 5.41) is 4.47. The van der Waals surface area contributed by atoms with Crippen LogP contribution in [-0.4, -0.2) is 24.3 Å². The van der Waals surface area contributed by atoms with Gasteiger partial charge < -0.3 is 4.57 Å². The normalized spacial score (nSPS) is 11.3. The average molecular weight is 317 g/mol. The number of benzene rings is 2. The number of aromatic nitrogens is 5. The highest BCUT2D eigenvalue weighted by atomic mass is 15.3. The summed E-state index contributed by atoms with van der Waals surface area (Å²) in [5.74, 6) is 1.83. The van der Waals surface area contributed by atoms with Gasteiger partial charge in [-0.3, -0.25) is 0 Å². The van der Waals surface area contributed by atoms with Crippen LogP contribution < -0.4 is 0 Å². The van der Waals surface area contributed by atoms with Crippen LogP contribution in [0.4, 0.5) is 0 Å². The molecule has 0 bridgehead atoms. The fraction of sp³-hybridized carbons (Fsp3) is 0.211. The highest BCUT2D eigenvalue weighted by Gasteiger charge is 2.14. The Morgan fingerprint density at radius 2 is 1.71 bits per heavy atom. The van der Waals surface area contributed by atoms with Crippen LogP contribution in [0.25, 0.3) is 28.1 Å². The summed E-state index contributed by atoms with van der Waals surface area (Å²) in [5.41, 5.74) is 6.55. The van der Waals surface area contributed by atoms with Crippen LogP contribution >= 0.6 is 0 Å². The SMILES string of the molecule is Cc1cccc(C)c1-n1ncnc1-c1ccc2c(c1)nc(C)n2C. The Balaban J connectivity index is 1.92. The van der Waals surface area contributed by atoms with Crippen molar-refractivity contribution in [2.45, 2.75) is 20.8 Å². The van der Waals surface area contributed by atoms with Gasteiger partial charge in [-0.2, -0.15) is 5.10 Å².